The molecule has 2 aliphatic heterocycles. The molecule has 8 heterocycles. The van der Waals surface area contributed by atoms with Gasteiger partial charge in [0.2, 0.25) is 5.01 Å². The number of amides is 1. The SMILES string of the molecule is C.C.C1COCCN1.CCN(CC)CC.O=BP.O=C(O)c1nc(-c2c[nH]c3ncc(Br)cc23)cs1.O=C(c1nc(-c2c[nH]c3ncc(Br)cc23)cs1)N1CCOCC1. The summed E-state index contributed by atoms with van der Waals surface area (Å²) in [5.74, 6) is -1.03. The van der Waals surface area contributed by atoms with Crippen molar-refractivity contribution < 1.29 is 28.9 Å². The molecular weight excluding hydrogens is 944 g/mol. The molecule has 1 unspecified atom stereocenters. The number of nitrogens with zero attached hydrogens (tertiary/aromatic N) is 6. The maximum Gasteiger partial charge on any atom is 0.365 e. The average molecular weight is 998 g/mol. The number of fused-ring (bicyclic) bond motifs is 2. The molecule has 1 amide bonds. The summed E-state index contributed by atoms with van der Waals surface area (Å²) in [7, 11) is 1.90. The maximum atomic E-state index is 12.5. The van der Waals surface area contributed by atoms with Crippen molar-refractivity contribution in [3.8, 4) is 22.5 Å². The largest absolute Gasteiger partial charge is 0.476 e. The van der Waals surface area contributed by atoms with Crippen LogP contribution in [0.2, 0.25) is 0 Å². The van der Waals surface area contributed by atoms with Gasteiger partial charge in [0.05, 0.1) is 37.8 Å². The minimum absolute atomic E-state index is 0. The zero-order chi connectivity index (χ0) is 41.2. The van der Waals surface area contributed by atoms with Crippen LogP contribution in [0, 0.1) is 0 Å². The molecule has 8 rings (SSSR count). The number of morpholine rings is 2. The Kier molecular flexibility index (Phi) is 24.2. The number of hydrogen-bond acceptors (Lipinski definition) is 13. The van der Waals surface area contributed by atoms with Crippen molar-refractivity contribution in [2.75, 3.05) is 72.2 Å². The number of hydrogen-bond donors (Lipinski definition) is 4. The fourth-order valence-corrected chi connectivity index (χ4v) is 7.56. The number of ether oxygens (including phenoxy) is 2. The van der Waals surface area contributed by atoms with Gasteiger partial charge in [-0.1, -0.05) is 35.6 Å². The number of carboxylic acids is 1. The molecule has 0 radical (unpaired) electrons. The predicted octanol–water partition coefficient (Wildman–Crippen LogP) is 8.12. The first-order chi connectivity index (χ1) is 27.6. The Bertz CT molecular complexity index is 2160. The molecule has 2 saturated heterocycles. The molecule has 15 nitrogen and oxygen atoms in total. The number of nitrogens with one attached hydrogen (secondary N) is 3. The Hall–Kier alpha value is -3.33. The van der Waals surface area contributed by atoms with Gasteiger partial charge in [0.1, 0.15) is 11.3 Å². The van der Waals surface area contributed by atoms with E-state index in [0.717, 1.165) is 85.5 Å². The molecule has 0 aromatic carbocycles. The molecule has 320 valence electrons. The number of thiazole rings is 2. The zero-order valence-electron chi connectivity index (χ0n) is 31.8. The predicted molar refractivity (Wildman–Crippen MR) is 250 cm³/mol. The summed E-state index contributed by atoms with van der Waals surface area (Å²) < 4.78 is 20.8. The second-order valence-electron chi connectivity index (χ2n) is 11.9. The van der Waals surface area contributed by atoms with E-state index in [-0.39, 0.29) is 25.8 Å². The normalized spacial score (nSPS) is 13.1. The van der Waals surface area contributed by atoms with Crippen molar-refractivity contribution in [3.63, 3.8) is 0 Å². The molecule has 0 bridgehead atoms. The molecule has 6 aromatic rings. The van der Waals surface area contributed by atoms with E-state index in [0.29, 0.717) is 43.9 Å². The van der Waals surface area contributed by atoms with E-state index < -0.39 is 5.97 Å². The maximum absolute atomic E-state index is 12.5. The van der Waals surface area contributed by atoms with Gasteiger partial charge in [0.15, 0.2) is 5.01 Å². The number of rotatable bonds is 7. The van der Waals surface area contributed by atoms with E-state index in [1.807, 2.05) is 32.8 Å². The first-order valence-electron chi connectivity index (χ1n) is 18.1. The van der Waals surface area contributed by atoms with Crippen molar-refractivity contribution in [1.29, 1.82) is 0 Å². The zero-order valence-corrected chi connectivity index (χ0v) is 37.8. The third-order valence-electron chi connectivity index (χ3n) is 8.41. The number of aromatic carboxylic acids is 1. The summed E-state index contributed by atoms with van der Waals surface area (Å²) in [5, 5.41) is 18.2. The number of pyridine rings is 2. The second kappa shape index (κ2) is 27.5. The Morgan fingerprint density at radius 3 is 1.64 bits per heavy atom. The monoisotopic (exact) mass is 995 g/mol. The quantitative estimate of drug-likeness (QED) is 0.0889. The number of aromatic amines is 2. The molecule has 21 heteroatoms. The summed E-state index contributed by atoms with van der Waals surface area (Å²) in [6.45, 7) is 17.0. The number of carboxylic acid groups (broad SMARTS) is 1. The van der Waals surface area contributed by atoms with Crippen LogP contribution in [-0.2, 0) is 14.2 Å². The second-order valence-corrected chi connectivity index (χ2v) is 15.7. The van der Waals surface area contributed by atoms with E-state index in [4.69, 9.17) is 19.3 Å². The number of carbonyl (C=O) groups excluding carboxylic acids is 1. The van der Waals surface area contributed by atoms with Crippen molar-refractivity contribution in [2.45, 2.75) is 35.6 Å². The van der Waals surface area contributed by atoms with Gasteiger partial charge < -0.3 is 39.7 Å². The van der Waals surface area contributed by atoms with Crippen molar-refractivity contribution in [3.05, 3.63) is 66.6 Å². The number of aromatic nitrogens is 6. The summed E-state index contributed by atoms with van der Waals surface area (Å²) in [6.07, 6.45) is 7.11. The van der Waals surface area contributed by atoms with Crippen molar-refractivity contribution in [1.82, 2.24) is 45.0 Å². The average Bonchev–Trinajstić information content (AvgIpc) is 4.07. The van der Waals surface area contributed by atoms with Gasteiger partial charge in [-0.25, -0.2) is 24.7 Å². The van der Waals surface area contributed by atoms with Gasteiger partial charge in [-0.05, 0) is 63.6 Å². The standard InChI is InChI=1S/C15H13BrN4O2S.C11H6BrN3O2S.C6H15N.C4H9NO.2CH4.BH2OP/c16-9-5-10-11(7-18-13(10)17-6-9)12-8-23-14(19-12)15(21)20-1-3-22-4-2-20;12-5-1-6-7(3-14-9(6)13-2-5)8-4-18-10(15-8)11(16)17;1-4-7(5-2)6-3;1-3-6-4-2-5-1;;;2-1-3/h5-8H,1-4H2,(H,17,18);1-4H,(H,13,14)(H,16,17);4-6H2,1-3H3;5H,1-4H2;2*1H4;3H2. The van der Waals surface area contributed by atoms with E-state index in [1.165, 1.54) is 31.0 Å². The van der Waals surface area contributed by atoms with Crippen LogP contribution in [0.1, 0.15) is 55.2 Å². The molecule has 2 fully saturated rings. The van der Waals surface area contributed by atoms with E-state index >= 15 is 0 Å². The van der Waals surface area contributed by atoms with E-state index in [1.54, 1.807) is 28.9 Å². The summed E-state index contributed by atoms with van der Waals surface area (Å²) in [5.41, 5.74) is 4.78. The van der Waals surface area contributed by atoms with Gasteiger partial charge in [-0.15, -0.1) is 22.7 Å². The van der Waals surface area contributed by atoms with Crippen LogP contribution in [0.15, 0.2) is 56.6 Å². The molecule has 1 atom stereocenters. The molecular formula is C38H53BBr2N9O6PS2. The van der Waals surface area contributed by atoms with Crippen molar-refractivity contribution in [2.24, 2.45) is 0 Å². The number of carbonyl (C=O) groups is 2. The smallest absolute Gasteiger partial charge is 0.365 e. The van der Waals surface area contributed by atoms with Crippen LogP contribution in [0.5, 0.6) is 0 Å². The van der Waals surface area contributed by atoms with Crippen molar-refractivity contribution >= 4 is 104 Å². The van der Waals surface area contributed by atoms with Crippen LogP contribution in [0.4, 0.5) is 0 Å². The molecule has 2 aliphatic rings. The molecule has 6 aromatic heterocycles. The van der Waals surface area contributed by atoms with Crippen LogP contribution < -0.4 is 5.32 Å². The Labute approximate surface area is 373 Å². The number of H-pyrrole nitrogens is 2. The molecule has 0 saturated carbocycles. The van der Waals surface area contributed by atoms with Gasteiger partial charge in [0, 0.05) is 92.6 Å². The Morgan fingerprint density at radius 2 is 1.27 bits per heavy atom. The Balaban J connectivity index is 0.000000295. The summed E-state index contributed by atoms with van der Waals surface area (Å²) in [6, 6.07) is 3.92. The van der Waals surface area contributed by atoms with E-state index in [2.05, 4.69) is 92.8 Å². The fourth-order valence-electron chi connectivity index (χ4n) is 5.46. The molecule has 0 spiro atoms. The minimum atomic E-state index is -1.01. The van der Waals surface area contributed by atoms with Crippen LogP contribution >= 0.6 is 63.7 Å². The number of halogens is 2. The van der Waals surface area contributed by atoms with Gasteiger partial charge in [-0.2, -0.15) is 0 Å². The van der Waals surface area contributed by atoms with Crippen LogP contribution in [-0.4, -0.2) is 136 Å². The summed E-state index contributed by atoms with van der Waals surface area (Å²) >= 11 is 9.29. The van der Waals surface area contributed by atoms with Gasteiger partial charge >= 0.3 is 26.7 Å². The Morgan fingerprint density at radius 1 is 0.831 bits per heavy atom. The minimum Gasteiger partial charge on any atom is -0.476 e. The third-order valence-corrected chi connectivity index (χ3v) is 10.9. The molecule has 59 heavy (non-hydrogen) atoms. The third kappa shape index (κ3) is 15.6. The van der Waals surface area contributed by atoms with Crippen LogP contribution in [0.25, 0.3) is 44.6 Å². The molecule has 0 aliphatic carbocycles. The van der Waals surface area contributed by atoms with Gasteiger partial charge in [0.25, 0.3) is 5.91 Å². The first kappa shape index (κ1) is 51.8. The first-order valence-corrected chi connectivity index (χ1v) is 22.1. The van der Waals surface area contributed by atoms with E-state index in [9.17, 15) is 9.59 Å². The summed E-state index contributed by atoms with van der Waals surface area (Å²) in [4.78, 5) is 50.8. The molecule has 4 N–H and O–H groups in total. The fraction of sp³-hybridized carbons (Fsp3) is 0.421. The van der Waals surface area contributed by atoms with Gasteiger partial charge in [-0.3, -0.25) is 4.79 Å². The topological polar surface area (TPSA) is 192 Å². The van der Waals surface area contributed by atoms with Crippen LogP contribution in [0.3, 0.4) is 0 Å².